The number of benzene rings is 2. The van der Waals surface area contributed by atoms with Crippen LogP contribution in [0.3, 0.4) is 0 Å². The average molecular weight is 428 g/mol. The highest BCUT2D eigenvalue weighted by Gasteiger charge is 2.28. The first-order valence-corrected chi connectivity index (χ1v) is 9.22. The van der Waals surface area contributed by atoms with Crippen molar-refractivity contribution in [1.29, 1.82) is 0 Å². The summed E-state index contributed by atoms with van der Waals surface area (Å²) in [5.74, 6) is -1.82. The van der Waals surface area contributed by atoms with Crippen LogP contribution >= 0.6 is 34.8 Å². The number of nitrogens with zero attached hydrogens (tertiary/aromatic N) is 1. The number of hydrogen-bond donors (Lipinski definition) is 1. The van der Waals surface area contributed by atoms with Gasteiger partial charge in [-0.2, -0.15) is 5.10 Å². The number of rotatable bonds is 7. The highest BCUT2D eigenvalue weighted by Crippen LogP contribution is 2.25. The molecule has 0 radical (unpaired) electrons. The van der Waals surface area contributed by atoms with Gasteiger partial charge in [0.2, 0.25) is 0 Å². The van der Waals surface area contributed by atoms with Crippen LogP contribution in [-0.2, 0) is 9.53 Å². The summed E-state index contributed by atoms with van der Waals surface area (Å²) in [5, 5.41) is 5.39. The maximum absolute atomic E-state index is 12.7. The zero-order valence-corrected chi connectivity index (χ0v) is 16.9. The van der Waals surface area contributed by atoms with Crippen molar-refractivity contribution in [2.75, 3.05) is 12.0 Å². The molecule has 142 valence electrons. The Hall–Kier alpha value is -2.08. The van der Waals surface area contributed by atoms with Crippen LogP contribution in [0.5, 0.6) is 0 Å². The molecular formula is C19H17Cl3N2O3. The van der Waals surface area contributed by atoms with E-state index in [1.165, 1.54) is 6.07 Å². The molecule has 2 aromatic carbocycles. The normalized spacial score (nSPS) is 12.4. The Kier molecular flexibility index (Phi) is 7.66. The van der Waals surface area contributed by atoms with E-state index in [-0.39, 0.29) is 18.1 Å². The van der Waals surface area contributed by atoms with Gasteiger partial charge in [0.25, 0.3) is 0 Å². The molecule has 1 atom stereocenters. The maximum atomic E-state index is 12.7. The van der Waals surface area contributed by atoms with E-state index < -0.39 is 11.9 Å². The van der Waals surface area contributed by atoms with Crippen LogP contribution in [-0.4, -0.2) is 24.1 Å². The van der Waals surface area contributed by atoms with Crippen LogP contribution < -0.4 is 5.43 Å². The molecule has 8 heteroatoms. The molecular weight excluding hydrogens is 411 g/mol. The Morgan fingerprint density at radius 1 is 1.07 bits per heavy atom. The van der Waals surface area contributed by atoms with Gasteiger partial charge in [0, 0.05) is 15.6 Å². The van der Waals surface area contributed by atoms with E-state index >= 15 is 0 Å². The number of carbonyl (C=O) groups is 2. The van der Waals surface area contributed by atoms with Crippen LogP contribution in [0.1, 0.15) is 24.2 Å². The van der Waals surface area contributed by atoms with Gasteiger partial charge in [-0.15, -0.1) is 0 Å². The minimum absolute atomic E-state index is 0.0668. The quantitative estimate of drug-likeness (QED) is 0.274. The Morgan fingerprint density at radius 3 is 2.30 bits per heavy atom. The number of hydrogen-bond acceptors (Lipinski definition) is 5. The zero-order valence-electron chi connectivity index (χ0n) is 14.6. The molecule has 0 bridgehead atoms. The summed E-state index contributed by atoms with van der Waals surface area (Å²) >= 11 is 17.8. The summed E-state index contributed by atoms with van der Waals surface area (Å²) in [6, 6.07) is 11.2. The first-order chi connectivity index (χ1) is 12.8. The van der Waals surface area contributed by atoms with Crippen molar-refractivity contribution >= 4 is 58.0 Å². The van der Waals surface area contributed by atoms with Gasteiger partial charge >= 0.3 is 5.97 Å². The fraction of sp³-hybridized carbons (Fsp3) is 0.211. The lowest BCUT2D eigenvalue weighted by atomic mass is 9.95. The summed E-state index contributed by atoms with van der Waals surface area (Å²) in [5.41, 5.74) is 3.48. The van der Waals surface area contributed by atoms with Gasteiger partial charge < -0.3 is 4.74 Å². The average Bonchev–Trinajstić information content (AvgIpc) is 2.63. The summed E-state index contributed by atoms with van der Waals surface area (Å²) in [4.78, 5) is 25.0. The van der Waals surface area contributed by atoms with Crippen molar-refractivity contribution in [3.05, 3.63) is 63.1 Å². The number of ketones is 1. The van der Waals surface area contributed by atoms with Crippen LogP contribution in [0.25, 0.3) is 0 Å². The van der Waals surface area contributed by atoms with Crippen molar-refractivity contribution in [2.24, 2.45) is 11.0 Å². The van der Waals surface area contributed by atoms with E-state index in [9.17, 15) is 9.59 Å². The number of esters is 1. The standard InChI is InChI=1S/C19H17Cl3N2O3/c1-3-27-19(26)17(24-23-16-9-8-14(21)10-15(16)22)11(2)18(25)12-4-6-13(20)7-5-12/h4-11,23H,3H2,1-2H3. The smallest absolute Gasteiger partial charge is 0.355 e. The first-order valence-electron chi connectivity index (χ1n) is 8.09. The molecule has 0 saturated carbocycles. The Bertz CT molecular complexity index is 867. The first kappa shape index (κ1) is 21.2. The van der Waals surface area contributed by atoms with Crippen molar-refractivity contribution in [3.8, 4) is 0 Å². The Balaban J connectivity index is 2.30. The highest BCUT2D eigenvalue weighted by atomic mass is 35.5. The fourth-order valence-corrected chi connectivity index (χ4v) is 2.79. The zero-order chi connectivity index (χ0) is 20.0. The van der Waals surface area contributed by atoms with Crippen LogP contribution in [0.2, 0.25) is 15.1 Å². The molecule has 0 fully saturated rings. The van der Waals surface area contributed by atoms with Crippen LogP contribution in [0.4, 0.5) is 5.69 Å². The van der Waals surface area contributed by atoms with Gasteiger partial charge in [0.15, 0.2) is 11.5 Å². The van der Waals surface area contributed by atoms with E-state index in [4.69, 9.17) is 39.5 Å². The van der Waals surface area contributed by atoms with E-state index in [0.29, 0.717) is 26.3 Å². The predicted octanol–water partition coefficient (Wildman–Crippen LogP) is 5.50. The lowest BCUT2D eigenvalue weighted by Crippen LogP contribution is -2.31. The van der Waals surface area contributed by atoms with Gasteiger partial charge in [0.05, 0.1) is 23.2 Å². The number of halogens is 3. The van der Waals surface area contributed by atoms with E-state index in [2.05, 4.69) is 10.5 Å². The Morgan fingerprint density at radius 2 is 1.70 bits per heavy atom. The van der Waals surface area contributed by atoms with Gasteiger partial charge in [0.1, 0.15) is 0 Å². The van der Waals surface area contributed by atoms with Crippen LogP contribution in [0.15, 0.2) is 47.6 Å². The number of Topliss-reactive ketones (excluding diaryl/α,β-unsaturated/α-hetero) is 1. The van der Waals surface area contributed by atoms with Crippen molar-refractivity contribution < 1.29 is 14.3 Å². The lowest BCUT2D eigenvalue weighted by Gasteiger charge is -2.14. The second-order valence-electron chi connectivity index (χ2n) is 5.55. The molecule has 0 aliphatic carbocycles. The van der Waals surface area contributed by atoms with Crippen molar-refractivity contribution in [2.45, 2.75) is 13.8 Å². The largest absolute Gasteiger partial charge is 0.461 e. The summed E-state index contributed by atoms with van der Waals surface area (Å²) in [6.45, 7) is 3.41. The van der Waals surface area contributed by atoms with E-state index in [1.807, 2.05) is 0 Å². The topological polar surface area (TPSA) is 67.8 Å². The monoisotopic (exact) mass is 426 g/mol. The minimum Gasteiger partial charge on any atom is -0.461 e. The Labute approximate surface area is 172 Å². The second-order valence-corrected chi connectivity index (χ2v) is 6.83. The molecule has 0 aliphatic heterocycles. The number of anilines is 1. The summed E-state index contributed by atoms with van der Waals surface area (Å²) in [7, 11) is 0. The molecule has 0 amide bonds. The molecule has 2 rings (SSSR count). The SMILES string of the molecule is CCOC(=O)C(=NNc1ccc(Cl)cc1Cl)C(C)C(=O)c1ccc(Cl)cc1. The number of hydrazone groups is 1. The lowest BCUT2D eigenvalue weighted by molar-refractivity contribution is -0.135. The molecule has 0 aliphatic rings. The third kappa shape index (κ3) is 5.70. The molecule has 1 N–H and O–H groups in total. The number of carbonyl (C=O) groups excluding carboxylic acids is 2. The molecule has 0 spiro atoms. The van der Waals surface area contributed by atoms with Gasteiger partial charge in [-0.3, -0.25) is 10.2 Å². The van der Waals surface area contributed by atoms with E-state index in [0.717, 1.165) is 0 Å². The molecule has 2 aromatic rings. The number of nitrogens with one attached hydrogen (secondary N) is 1. The second kappa shape index (κ2) is 9.74. The molecule has 0 aromatic heterocycles. The fourth-order valence-electron chi connectivity index (χ4n) is 2.21. The van der Waals surface area contributed by atoms with Gasteiger partial charge in [-0.1, -0.05) is 34.8 Å². The van der Waals surface area contributed by atoms with E-state index in [1.54, 1.807) is 50.2 Å². The van der Waals surface area contributed by atoms with Gasteiger partial charge in [-0.25, -0.2) is 4.79 Å². The molecule has 27 heavy (non-hydrogen) atoms. The predicted molar refractivity (Wildman–Crippen MR) is 109 cm³/mol. The highest BCUT2D eigenvalue weighted by molar-refractivity contribution is 6.42. The molecule has 0 saturated heterocycles. The molecule has 1 unspecified atom stereocenters. The van der Waals surface area contributed by atoms with Crippen molar-refractivity contribution in [3.63, 3.8) is 0 Å². The molecule has 0 heterocycles. The summed E-state index contributed by atoms with van der Waals surface area (Å²) < 4.78 is 5.03. The summed E-state index contributed by atoms with van der Waals surface area (Å²) in [6.07, 6.45) is 0. The third-order valence-electron chi connectivity index (χ3n) is 3.64. The minimum atomic E-state index is -0.844. The van der Waals surface area contributed by atoms with Crippen LogP contribution in [0, 0.1) is 5.92 Å². The third-order valence-corrected chi connectivity index (χ3v) is 4.44. The van der Waals surface area contributed by atoms with Crippen molar-refractivity contribution in [1.82, 2.24) is 0 Å². The maximum Gasteiger partial charge on any atom is 0.355 e. The number of ether oxygens (including phenoxy) is 1. The molecule has 5 nitrogen and oxygen atoms in total. The van der Waals surface area contributed by atoms with Gasteiger partial charge in [-0.05, 0) is 56.3 Å².